The Hall–Kier alpha value is -2.96. The summed E-state index contributed by atoms with van der Waals surface area (Å²) in [5.41, 5.74) is 8.84. The van der Waals surface area contributed by atoms with Crippen molar-refractivity contribution in [2.24, 2.45) is 0 Å². The predicted octanol–water partition coefficient (Wildman–Crippen LogP) is 4.10. The highest BCUT2D eigenvalue weighted by Gasteiger charge is 2.15. The van der Waals surface area contributed by atoms with Gasteiger partial charge in [-0.25, -0.2) is 4.39 Å². The molecule has 7 heteroatoms. The Kier molecular flexibility index (Phi) is 6.01. The van der Waals surface area contributed by atoms with E-state index in [4.69, 9.17) is 5.73 Å². The average Bonchev–Trinajstić information content (AvgIpc) is 3.13. The van der Waals surface area contributed by atoms with Crippen LogP contribution in [0.4, 0.5) is 15.8 Å². The molecule has 1 aromatic heterocycles. The third-order valence-corrected chi connectivity index (χ3v) is 4.50. The highest BCUT2D eigenvalue weighted by Crippen LogP contribution is 2.28. The Balaban J connectivity index is 1.87. The number of benzene rings is 2. The Bertz CT molecular complexity index is 892. The number of hydrogen-bond donors (Lipinski definition) is 2. The number of aromatic nitrogens is 4. The van der Waals surface area contributed by atoms with Gasteiger partial charge in [-0.2, -0.15) is 4.80 Å². The molecule has 27 heavy (non-hydrogen) atoms. The molecular weight excluding hydrogens is 343 g/mol. The van der Waals surface area contributed by atoms with Crippen molar-refractivity contribution >= 4 is 11.4 Å². The SMILES string of the molecule is CCCC(CC)Nc1ccc(N)cc1-c1nnn(Cc2ccccc2F)n1. The van der Waals surface area contributed by atoms with Crippen LogP contribution in [0.3, 0.4) is 0 Å². The van der Waals surface area contributed by atoms with Gasteiger partial charge in [-0.1, -0.05) is 38.5 Å². The fourth-order valence-corrected chi connectivity index (χ4v) is 3.02. The average molecular weight is 368 g/mol. The number of nitrogens with zero attached hydrogens (tertiary/aromatic N) is 4. The fourth-order valence-electron chi connectivity index (χ4n) is 3.02. The van der Waals surface area contributed by atoms with Gasteiger partial charge >= 0.3 is 0 Å². The molecule has 142 valence electrons. The van der Waals surface area contributed by atoms with Gasteiger partial charge in [0, 0.05) is 28.5 Å². The number of nitrogens with two attached hydrogens (primary N) is 1. The van der Waals surface area contributed by atoms with Crippen LogP contribution in [-0.2, 0) is 6.54 Å². The summed E-state index contributed by atoms with van der Waals surface area (Å²) >= 11 is 0. The lowest BCUT2D eigenvalue weighted by atomic mass is 10.1. The maximum Gasteiger partial charge on any atom is 0.207 e. The molecule has 0 bridgehead atoms. The summed E-state index contributed by atoms with van der Waals surface area (Å²) in [6.07, 6.45) is 3.20. The van der Waals surface area contributed by atoms with Crippen LogP contribution in [0.5, 0.6) is 0 Å². The minimum atomic E-state index is -0.284. The molecule has 0 radical (unpaired) electrons. The first kappa shape index (κ1) is 18.8. The van der Waals surface area contributed by atoms with Gasteiger partial charge in [-0.15, -0.1) is 10.2 Å². The van der Waals surface area contributed by atoms with Gasteiger partial charge in [0.05, 0.1) is 6.54 Å². The first-order chi connectivity index (χ1) is 13.1. The lowest BCUT2D eigenvalue weighted by molar-refractivity contribution is 0.539. The summed E-state index contributed by atoms with van der Waals surface area (Å²) in [5, 5.41) is 16.2. The standard InChI is InChI=1S/C20H25FN6/c1-3-7-16(4-2)23-19-11-10-15(22)12-17(19)20-24-26-27(25-20)13-14-8-5-6-9-18(14)21/h5-6,8-12,16,23H,3-4,7,13,22H2,1-2H3. The molecule has 0 aliphatic carbocycles. The number of tetrazole rings is 1. The molecule has 6 nitrogen and oxygen atoms in total. The van der Waals surface area contributed by atoms with Crippen molar-refractivity contribution in [2.75, 3.05) is 11.1 Å². The summed E-state index contributed by atoms with van der Waals surface area (Å²) in [6, 6.07) is 12.6. The number of halogens is 1. The smallest absolute Gasteiger partial charge is 0.207 e. The van der Waals surface area contributed by atoms with E-state index in [1.807, 2.05) is 18.2 Å². The molecule has 0 fully saturated rings. The molecule has 2 aromatic carbocycles. The number of nitrogens with one attached hydrogen (secondary N) is 1. The molecule has 0 amide bonds. The molecule has 1 heterocycles. The second kappa shape index (κ2) is 8.62. The van der Waals surface area contributed by atoms with Gasteiger partial charge < -0.3 is 11.1 Å². The summed E-state index contributed by atoms with van der Waals surface area (Å²) in [6.45, 7) is 4.55. The van der Waals surface area contributed by atoms with Crippen LogP contribution in [0.15, 0.2) is 42.5 Å². The van der Waals surface area contributed by atoms with E-state index >= 15 is 0 Å². The van der Waals surface area contributed by atoms with E-state index in [0.29, 0.717) is 23.1 Å². The first-order valence-corrected chi connectivity index (χ1v) is 9.28. The molecule has 0 saturated heterocycles. The van der Waals surface area contributed by atoms with Gasteiger partial charge in [0.25, 0.3) is 0 Å². The van der Waals surface area contributed by atoms with E-state index in [-0.39, 0.29) is 12.4 Å². The molecule has 3 aromatic rings. The number of anilines is 2. The topological polar surface area (TPSA) is 81.6 Å². The highest BCUT2D eigenvalue weighted by atomic mass is 19.1. The van der Waals surface area contributed by atoms with Crippen molar-refractivity contribution in [3.8, 4) is 11.4 Å². The van der Waals surface area contributed by atoms with Crippen molar-refractivity contribution in [3.05, 3.63) is 53.8 Å². The van der Waals surface area contributed by atoms with E-state index in [1.54, 1.807) is 18.2 Å². The zero-order valence-corrected chi connectivity index (χ0v) is 15.7. The summed E-state index contributed by atoms with van der Waals surface area (Å²) in [7, 11) is 0. The highest BCUT2D eigenvalue weighted by molar-refractivity contribution is 5.76. The Labute approximate surface area is 158 Å². The third-order valence-electron chi connectivity index (χ3n) is 4.50. The van der Waals surface area contributed by atoms with E-state index in [9.17, 15) is 4.39 Å². The predicted molar refractivity (Wildman–Crippen MR) is 106 cm³/mol. The number of hydrogen-bond acceptors (Lipinski definition) is 5. The summed E-state index contributed by atoms with van der Waals surface area (Å²) in [4.78, 5) is 1.39. The summed E-state index contributed by atoms with van der Waals surface area (Å²) in [5.74, 6) is 0.181. The van der Waals surface area contributed by atoms with Crippen molar-refractivity contribution in [1.29, 1.82) is 0 Å². The van der Waals surface area contributed by atoms with E-state index in [0.717, 1.165) is 30.5 Å². The fraction of sp³-hybridized carbons (Fsp3) is 0.350. The zero-order valence-electron chi connectivity index (χ0n) is 15.7. The van der Waals surface area contributed by atoms with Crippen LogP contribution in [0.1, 0.15) is 38.7 Å². The molecule has 0 spiro atoms. The van der Waals surface area contributed by atoms with Crippen molar-refractivity contribution in [2.45, 2.75) is 45.7 Å². The quantitative estimate of drug-likeness (QED) is 0.585. The summed E-state index contributed by atoms with van der Waals surface area (Å²) < 4.78 is 13.9. The van der Waals surface area contributed by atoms with E-state index < -0.39 is 0 Å². The maximum absolute atomic E-state index is 13.9. The first-order valence-electron chi connectivity index (χ1n) is 9.28. The van der Waals surface area contributed by atoms with Gasteiger partial charge in [0.15, 0.2) is 0 Å². The molecule has 1 unspecified atom stereocenters. The van der Waals surface area contributed by atoms with Gasteiger partial charge in [0.2, 0.25) is 5.82 Å². The number of rotatable bonds is 8. The van der Waals surface area contributed by atoms with Gasteiger partial charge in [0.1, 0.15) is 5.82 Å². The van der Waals surface area contributed by atoms with E-state index in [2.05, 4.69) is 34.6 Å². The molecular formula is C20H25FN6. The Morgan fingerprint density at radius 3 is 2.74 bits per heavy atom. The molecule has 0 aliphatic rings. The Morgan fingerprint density at radius 2 is 2.00 bits per heavy atom. The van der Waals surface area contributed by atoms with Crippen LogP contribution >= 0.6 is 0 Å². The van der Waals surface area contributed by atoms with Crippen LogP contribution in [0.2, 0.25) is 0 Å². The molecule has 0 saturated carbocycles. The van der Waals surface area contributed by atoms with Crippen LogP contribution in [0, 0.1) is 5.82 Å². The molecule has 1 atom stereocenters. The second-order valence-corrected chi connectivity index (χ2v) is 6.58. The minimum Gasteiger partial charge on any atom is -0.399 e. The Morgan fingerprint density at radius 1 is 1.19 bits per heavy atom. The second-order valence-electron chi connectivity index (χ2n) is 6.58. The van der Waals surface area contributed by atoms with Crippen molar-refractivity contribution in [1.82, 2.24) is 20.2 Å². The van der Waals surface area contributed by atoms with Crippen LogP contribution in [-0.4, -0.2) is 26.2 Å². The largest absolute Gasteiger partial charge is 0.399 e. The maximum atomic E-state index is 13.9. The minimum absolute atomic E-state index is 0.220. The molecule has 3 rings (SSSR count). The zero-order chi connectivity index (χ0) is 19.2. The van der Waals surface area contributed by atoms with Gasteiger partial charge in [-0.05, 0) is 42.3 Å². The lowest BCUT2D eigenvalue weighted by Gasteiger charge is -2.19. The number of nitrogen functional groups attached to an aromatic ring is 1. The van der Waals surface area contributed by atoms with Crippen molar-refractivity contribution in [3.63, 3.8) is 0 Å². The van der Waals surface area contributed by atoms with Gasteiger partial charge in [-0.3, -0.25) is 0 Å². The van der Waals surface area contributed by atoms with Crippen molar-refractivity contribution < 1.29 is 4.39 Å². The van der Waals surface area contributed by atoms with Crippen LogP contribution in [0.25, 0.3) is 11.4 Å². The lowest BCUT2D eigenvalue weighted by Crippen LogP contribution is -2.18. The molecule has 0 aliphatic heterocycles. The molecule has 3 N–H and O–H groups in total. The third kappa shape index (κ3) is 4.61. The van der Waals surface area contributed by atoms with E-state index in [1.165, 1.54) is 10.9 Å². The monoisotopic (exact) mass is 368 g/mol. The van der Waals surface area contributed by atoms with Crippen LogP contribution < -0.4 is 11.1 Å². The normalized spacial score (nSPS) is 12.1.